The summed E-state index contributed by atoms with van der Waals surface area (Å²) >= 11 is 0. The number of ether oxygens (including phenoxy) is 1. The van der Waals surface area contributed by atoms with Crippen LogP contribution in [0.3, 0.4) is 0 Å². The summed E-state index contributed by atoms with van der Waals surface area (Å²) < 4.78 is 5.83. The zero-order chi connectivity index (χ0) is 21.8. The maximum absolute atomic E-state index is 12.6. The molecule has 1 aliphatic heterocycles. The first-order valence-electron chi connectivity index (χ1n) is 11.0. The summed E-state index contributed by atoms with van der Waals surface area (Å²) in [5.74, 6) is 1.05. The van der Waals surface area contributed by atoms with Crippen LogP contribution in [-0.2, 0) is 10.2 Å². The van der Waals surface area contributed by atoms with E-state index in [1.807, 2.05) is 41.6 Å². The highest BCUT2D eigenvalue weighted by Gasteiger charge is 2.19. The van der Waals surface area contributed by atoms with Crippen LogP contribution >= 0.6 is 0 Å². The van der Waals surface area contributed by atoms with Gasteiger partial charge in [-0.15, -0.1) is 0 Å². The SMILES string of the molecule is CC(C)(C)c1ccc(OCCCC(=O)N2CC=C(c3c[nH]c4cccnc34)CC2)cc1. The van der Waals surface area contributed by atoms with Crippen LogP contribution in [0.5, 0.6) is 5.75 Å². The number of amides is 1. The Morgan fingerprint density at radius 1 is 1.19 bits per heavy atom. The van der Waals surface area contributed by atoms with Crippen molar-refractivity contribution in [3.63, 3.8) is 0 Å². The molecule has 0 saturated carbocycles. The second-order valence-electron chi connectivity index (χ2n) is 9.15. The molecule has 0 fully saturated rings. The Kier molecular flexibility index (Phi) is 6.12. The molecule has 1 aromatic carbocycles. The fourth-order valence-electron chi connectivity index (χ4n) is 3.96. The zero-order valence-electron chi connectivity index (χ0n) is 18.6. The van der Waals surface area contributed by atoms with Gasteiger partial charge in [0.1, 0.15) is 5.75 Å². The summed E-state index contributed by atoms with van der Waals surface area (Å²) in [6.45, 7) is 8.55. The fraction of sp³-hybridized carbons (Fsp3) is 0.385. The quantitative estimate of drug-likeness (QED) is 0.551. The van der Waals surface area contributed by atoms with Crippen LogP contribution in [0.2, 0.25) is 0 Å². The average Bonchev–Trinajstić information content (AvgIpc) is 3.20. The molecule has 0 spiro atoms. The van der Waals surface area contributed by atoms with Gasteiger partial charge in [0.15, 0.2) is 0 Å². The van der Waals surface area contributed by atoms with Crippen molar-refractivity contribution in [3.05, 3.63) is 66.0 Å². The molecule has 5 heteroatoms. The molecule has 1 N–H and O–H groups in total. The maximum Gasteiger partial charge on any atom is 0.222 e. The summed E-state index contributed by atoms with van der Waals surface area (Å²) in [7, 11) is 0. The normalized spacial score (nSPS) is 14.5. The van der Waals surface area contributed by atoms with Gasteiger partial charge in [-0.1, -0.05) is 39.0 Å². The molecule has 0 aliphatic carbocycles. The van der Waals surface area contributed by atoms with Crippen LogP contribution in [0.4, 0.5) is 0 Å². The minimum absolute atomic E-state index is 0.137. The summed E-state index contributed by atoms with van der Waals surface area (Å²) in [6.07, 6.45) is 8.08. The van der Waals surface area contributed by atoms with Crippen LogP contribution in [0.25, 0.3) is 16.6 Å². The standard InChI is InChI=1S/C26H31N3O2/c1-26(2,3)20-8-10-21(11-9-20)31-17-5-7-24(30)29-15-12-19(13-16-29)22-18-28-23-6-4-14-27-25(22)23/h4,6,8-12,14,18,28H,5,7,13,15-17H2,1-3H3. The van der Waals surface area contributed by atoms with Crippen LogP contribution in [0.15, 0.2) is 54.9 Å². The highest BCUT2D eigenvalue weighted by atomic mass is 16.5. The van der Waals surface area contributed by atoms with E-state index in [-0.39, 0.29) is 11.3 Å². The molecule has 0 saturated heterocycles. The minimum atomic E-state index is 0.137. The Labute approximate surface area is 184 Å². The van der Waals surface area contributed by atoms with Gasteiger partial charge in [-0.2, -0.15) is 0 Å². The first kappa shape index (κ1) is 21.2. The topological polar surface area (TPSA) is 58.2 Å². The van der Waals surface area contributed by atoms with E-state index >= 15 is 0 Å². The van der Waals surface area contributed by atoms with Gasteiger partial charge in [0.25, 0.3) is 0 Å². The number of hydrogen-bond donors (Lipinski definition) is 1. The molecule has 162 valence electrons. The number of fused-ring (bicyclic) bond motifs is 1. The summed E-state index contributed by atoms with van der Waals surface area (Å²) in [4.78, 5) is 22.3. The number of H-pyrrole nitrogens is 1. The van der Waals surface area contributed by atoms with Crippen molar-refractivity contribution in [1.82, 2.24) is 14.9 Å². The lowest BCUT2D eigenvalue weighted by Crippen LogP contribution is -2.34. The Morgan fingerprint density at radius 2 is 2.00 bits per heavy atom. The average molecular weight is 418 g/mol. The third-order valence-electron chi connectivity index (χ3n) is 5.87. The van der Waals surface area contributed by atoms with E-state index in [4.69, 9.17) is 4.74 Å². The molecule has 1 amide bonds. The number of pyridine rings is 1. The van der Waals surface area contributed by atoms with Crippen molar-refractivity contribution in [3.8, 4) is 5.75 Å². The number of rotatable bonds is 6. The summed E-state index contributed by atoms with van der Waals surface area (Å²) in [5.41, 5.74) is 5.88. The molecule has 4 rings (SSSR count). The predicted octanol–water partition coefficient (Wildman–Crippen LogP) is 5.34. The van der Waals surface area contributed by atoms with Crippen molar-refractivity contribution < 1.29 is 9.53 Å². The lowest BCUT2D eigenvalue weighted by Gasteiger charge is -2.26. The summed E-state index contributed by atoms with van der Waals surface area (Å²) in [6, 6.07) is 12.2. The van der Waals surface area contributed by atoms with Crippen LogP contribution in [0.1, 0.15) is 51.2 Å². The van der Waals surface area contributed by atoms with E-state index < -0.39 is 0 Å². The molecule has 2 aromatic heterocycles. The third-order valence-corrected chi connectivity index (χ3v) is 5.87. The number of hydrogen-bond acceptors (Lipinski definition) is 3. The number of aromatic nitrogens is 2. The van der Waals surface area contributed by atoms with Gasteiger partial charge in [0, 0.05) is 37.5 Å². The number of carbonyl (C=O) groups is 1. The van der Waals surface area contributed by atoms with E-state index in [1.54, 1.807) is 0 Å². The monoisotopic (exact) mass is 417 g/mol. The fourth-order valence-corrected chi connectivity index (χ4v) is 3.96. The first-order chi connectivity index (χ1) is 14.9. The molecule has 31 heavy (non-hydrogen) atoms. The van der Waals surface area contributed by atoms with Crippen LogP contribution in [-0.4, -0.2) is 40.5 Å². The van der Waals surface area contributed by atoms with Gasteiger partial charge >= 0.3 is 0 Å². The van der Waals surface area contributed by atoms with Crippen molar-refractivity contribution in [2.75, 3.05) is 19.7 Å². The van der Waals surface area contributed by atoms with E-state index in [2.05, 4.69) is 48.9 Å². The van der Waals surface area contributed by atoms with Crippen molar-refractivity contribution in [2.24, 2.45) is 0 Å². The third kappa shape index (κ3) is 4.98. The van der Waals surface area contributed by atoms with E-state index in [1.165, 1.54) is 11.1 Å². The molecule has 3 heterocycles. The smallest absolute Gasteiger partial charge is 0.222 e. The Morgan fingerprint density at radius 3 is 2.71 bits per heavy atom. The van der Waals surface area contributed by atoms with Crippen molar-refractivity contribution in [1.29, 1.82) is 0 Å². The molecule has 0 unspecified atom stereocenters. The van der Waals surface area contributed by atoms with Gasteiger partial charge < -0.3 is 14.6 Å². The molecular formula is C26H31N3O2. The lowest BCUT2D eigenvalue weighted by atomic mass is 9.87. The molecule has 0 radical (unpaired) electrons. The first-order valence-corrected chi connectivity index (χ1v) is 11.0. The largest absolute Gasteiger partial charge is 0.494 e. The number of nitrogens with zero attached hydrogens (tertiary/aromatic N) is 2. The van der Waals surface area contributed by atoms with E-state index in [0.29, 0.717) is 19.6 Å². The molecule has 5 nitrogen and oxygen atoms in total. The van der Waals surface area contributed by atoms with E-state index in [9.17, 15) is 4.79 Å². The number of nitrogens with one attached hydrogen (secondary N) is 1. The molecule has 3 aromatic rings. The minimum Gasteiger partial charge on any atom is -0.494 e. The number of benzene rings is 1. The van der Waals surface area contributed by atoms with Gasteiger partial charge in [-0.05, 0) is 53.7 Å². The van der Waals surface area contributed by atoms with Crippen molar-refractivity contribution in [2.45, 2.75) is 45.4 Å². The van der Waals surface area contributed by atoms with Crippen molar-refractivity contribution >= 4 is 22.5 Å². The second-order valence-corrected chi connectivity index (χ2v) is 9.15. The van der Waals surface area contributed by atoms with Gasteiger partial charge in [0.2, 0.25) is 5.91 Å². The highest BCUT2D eigenvalue weighted by molar-refractivity contribution is 5.90. The Balaban J connectivity index is 1.24. The van der Waals surface area contributed by atoms with Crippen LogP contribution < -0.4 is 4.74 Å². The highest BCUT2D eigenvalue weighted by Crippen LogP contribution is 2.28. The van der Waals surface area contributed by atoms with Gasteiger partial charge in [0.05, 0.1) is 17.6 Å². The predicted molar refractivity (Wildman–Crippen MR) is 125 cm³/mol. The van der Waals surface area contributed by atoms with Gasteiger partial charge in [-0.3, -0.25) is 9.78 Å². The second kappa shape index (κ2) is 8.96. The molecule has 1 aliphatic rings. The molecule has 0 bridgehead atoms. The summed E-state index contributed by atoms with van der Waals surface area (Å²) in [5, 5.41) is 0. The van der Waals surface area contributed by atoms with E-state index in [0.717, 1.165) is 41.7 Å². The lowest BCUT2D eigenvalue weighted by molar-refractivity contribution is -0.131. The number of carbonyl (C=O) groups excluding carboxylic acids is 1. The van der Waals surface area contributed by atoms with Crippen LogP contribution in [0, 0.1) is 0 Å². The Bertz CT molecular complexity index is 1070. The Hall–Kier alpha value is -3.08. The molecular weight excluding hydrogens is 386 g/mol. The zero-order valence-corrected chi connectivity index (χ0v) is 18.6. The molecule has 0 atom stereocenters. The van der Waals surface area contributed by atoms with Gasteiger partial charge in [-0.25, -0.2) is 0 Å². The maximum atomic E-state index is 12.6. The number of aromatic amines is 1.